The van der Waals surface area contributed by atoms with E-state index >= 15 is 0 Å². The molecule has 1 saturated carbocycles. The zero-order valence-corrected chi connectivity index (χ0v) is 12.5. The zero-order valence-electron chi connectivity index (χ0n) is 12.5. The summed E-state index contributed by atoms with van der Waals surface area (Å²) in [6.45, 7) is 10.3. The lowest BCUT2D eigenvalue weighted by molar-refractivity contribution is 0.0843. The summed E-state index contributed by atoms with van der Waals surface area (Å²) in [7, 11) is 2.26. The number of rotatable bonds is 4. The highest BCUT2D eigenvalue weighted by atomic mass is 15.2. The predicted octanol–water partition coefficient (Wildman–Crippen LogP) is 3.26. The third-order valence-corrected chi connectivity index (χ3v) is 4.13. The fourth-order valence-corrected chi connectivity index (χ4v) is 3.74. The maximum absolute atomic E-state index is 6.19. The molecular formula is C15H32N2. The Morgan fingerprint density at radius 3 is 2.12 bits per heavy atom. The number of likely N-dealkylation sites (N-methyl/N-ethyl adjacent to an activating group) is 1. The monoisotopic (exact) mass is 240 g/mol. The second-order valence-corrected chi connectivity index (χ2v) is 7.11. The summed E-state index contributed by atoms with van der Waals surface area (Å²) in [5, 5.41) is 0. The Morgan fingerprint density at radius 1 is 1.18 bits per heavy atom. The normalized spacial score (nSPS) is 22.8. The molecule has 0 aliphatic heterocycles. The molecule has 0 radical (unpaired) electrons. The molecule has 102 valence electrons. The van der Waals surface area contributed by atoms with Gasteiger partial charge in [0.25, 0.3) is 0 Å². The van der Waals surface area contributed by atoms with Crippen LogP contribution in [0.15, 0.2) is 0 Å². The van der Waals surface area contributed by atoms with Crippen molar-refractivity contribution in [3.63, 3.8) is 0 Å². The van der Waals surface area contributed by atoms with Crippen molar-refractivity contribution < 1.29 is 0 Å². The summed E-state index contributed by atoms with van der Waals surface area (Å²) < 4.78 is 0. The van der Waals surface area contributed by atoms with Crippen LogP contribution in [0.2, 0.25) is 0 Å². The molecule has 0 aromatic rings. The minimum atomic E-state index is 0.239. The van der Waals surface area contributed by atoms with Crippen molar-refractivity contribution in [1.29, 1.82) is 0 Å². The average molecular weight is 240 g/mol. The summed E-state index contributed by atoms with van der Waals surface area (Å²) in [5.74, 6) is 0.900. The third kappa shape index (κ3) is 4.59. The molecule has 2 atom stereocenters. The van der Waals surface area contributed by atoms with Crippen LogP contribution in [0, 0.1) is 11.3 Å². The molecule has 2 nitrogen and oxygen atoms in total. The highest BCUT2D eigenvalue weighted by Crippen LogP contribution is 2.29. The molecule has 1 rings (SSSR count). The maximum atomic E-state index is 6.19. The van der Waals surface area contributed by atoms with E-state index in [-0.39, 0.29) is 11.5 Å². The van der Waals surface area contributed by atoms with E-state index in [9.17, 15) is 0 Å². The minimum absolute atomic E-state index is 0.239. The molecular weight excluding hydrogens is 208 g/mol. The fourth-order valence-electron chi connectivity index (χ4n) is 3.74. The van der Waals surface area contributed by atoms with Crippen LogP contribution in [0.25, 0.3) is 0 Å². The molecule has 2 N–H and O–H groups in total. The van der Waals surface area contributed by atoms with Gasteiger partial charge in [-0.15, -0.1) is 0 Å². The van der Waals surface area contributed by atoms with E-state index in [1.165, 1.54) is 38.6 Å². The molecule has 1 aliphatic rings. The van der Waals surface area contributed by atoms with Gasteiger partial charge in [0.05, 0.1) is 0 Å². The van der Waals surface area contributed by atoms with Gasteiger partial charge < -0.3 is 10.6 Å². The topological polar surface area (TPSA) is 29.3 Å². The number of nitrogens with zero attached hydrogens (tertiary/aromatic N) is 1. The van der Waals surface area contributed by atoms with Crippen LogP contribution in [-0.4, -0.2) is 30.6 Å². The third-order valence-electron chi connectivity index (χ3n) is 4.13. The number of hydrogen-bond donors (Lipinski definition) is 1. The SMILES string of the molecule is CC(N)C(N(C)CC1CCCCC1)C(C)(C)C. The largest absolute Gasteiger partial charge is 0.327 e. The smallest absolute Gasteiger partial charge is 0.0289 e. The summed E-state index contributed by atoms with van der Waals surface area (Å²) in [6, 6.07) is 0.716. The van der Waals surface area contributed by atoms with Gasteiger partial charge in [-0.1, -0.05) is 40.0 Å². The van der Waals surface area contributed by atoms with E-state index in [4.69, 9.17) is 5.73 Å². The molecule has 0 heterocycles. The average Bonchev–Trinajstić information content (AvgIpc) is 2.15. The van der Waals surface area contributed by atoms with Gasteiger partial charge in [-0.3, -0.25) is 0 Å². The molecule has 0 aromatic heterocycles. The standard InChI is InChI=1S/C15H32N2/c1-12(16)14(15(2,3)4)17(5)11-13-9-7-6-8-10-13/h12-14H,6-11,16H2,1-5H3. The maximum Gasteiger partial charge on any atom is 0.0289 e. The van der Waals surface area contributed by atoms with E-state index in [0.29, 0.717) is 6.04 Å². The molecule has 2 heteroatoms. The minimum Gasteiger partial charge on any atom is -0.327 e. The first-order chi connectivity index (χ1) is 7.82. The van der Waals surface area contributed by atoms with Crippen LogP contribution in [0.5, 0.6) is 0 Å². The Kier molecular flexibility index (Phi) is 5.46. The fraction of sp³-hybridized carbons (Fsp3) is 1.00. The number of nitrogens with two attached hydrogens (primary N) is 1. The van der Waals surface area contributed by atoms with Crippen molar-refractivity contribution in [2.75, 3.05) is 13.6 Å². The Labute approximate surface area is 108 Å². The highest BCUT2D eigenvalue weighted by molar-refractivity contribution is 4.88. The molecule has 0 aromatic carbocycles. The summed E-state index contributed by atoms with van der Waals surface area (Å²) >= 11 is 0. The van der Waals surface area contributed by atoms with Crippen LogP contribution in [0.3, 0.4) is 0 Å². The molecule has 1 aliphatic carbocycles. The van der Waals surface area contributed by atoms with Gasteiger partial charge in [0, 0.05) is 18.6 Å². The lowest BCUT2D eigenvalue weighted by atomic mass is 9.81. The molecule has 0 amide bonds. The van der Waals surface area contributed by atoms with Crippen LogP contribution in [0.1, 0.15) is 59.8 Å². The second-order valence-electron chi connectivity index (χ2n) is 7.11. The summed E-state index contributed by atoms with van der Waals surface area (Å²) in [4.78, 5) is 2.51. The summed E-state index contributed by atoms with van der Waals surface area (Å²) in [6.07, 6.45) is 7.13. The van der Waals surface area contributed by atoms with Crippen molar-refractivity contribution in [1.82, 2.24) is 4.90 Å². The highest BCUT2D eigenvalue weighted by Gasteiger charge is 2.32. The quantitative estimate of drug-likeness (QED) is 0.817. The Morgan fingerprint density at radius 2 is 1.71 bits per heavy atom. The Bertz CT molecular complexity index is 211. The van der Waals surface area contributed by atoms with E-state index in [2.05, 4.69) is 39.6 Å². The lowest BCUT2D eigenvalue weighted by Crippen LogP contribution is -2.53. The Balaban J connectivity index is 2.55. The van der Waals surface area contributed by atoms with Gasteiger partial charge in [0.15, 0.2) is 0 Å². The van der Waals surface area contributed by atoms with Gasteiger partial charge in [-0.25, -0.2) is 0 Å². The van der Waals surface area contributed by atoms with Crippen molar-refractivity contribution >= 4 is 0 Å². The van der Waals surface area contributed by atoms with Crippen LogP contribution in [0.4, 0.5) is 0 Å². The van der Waals surface area contributed by atoms with Crippen molar-refractivity contribution in [3.05, 3.63) is 0 Å². The van der Waals surface area contributed by atoms with Gasteiger partial charge in [0.1, 0.15) is 0 Å². The van der Waals surface area contributed by atoms with Crippen molar-refractivity contribution in [2.45, 2.75) is 71.9 Å². The molecule has 0 bridgehead atoms. The first-order valence-electron chi connectivity index (χ1n) is 7.28. The summed E-state index contributed by atoms with van der Waals surface area (Å²) in [5.41, 5.74) is 6.45. The van der Waals surface area contributed by atoms with E-state index in [1.54, 1.807) is 0 Å². The first kappa shape index (κ1) is 15.0. The molecule has 1 fully saturated rings. The van der Waals surface area contributed by atoms with Gasteiger partial charge >= 0.3 is 0 Å². The molecule has 0 saturated heterocycles. The van der Waals surface area contributed by atoms with Crippen LogP contribution in [-0.2, 0) is 0 Å². The second kappa shape index (κ2) is 6.19. The van der Waals surface area contributed by atoms with Gasteiger partial charge in [-0.05, 0) is 38.1 Å². The number of hydrogen-bond acceptors (Lipinski definition) is 2. The molecule has 17 heavy (non-hydrogen) atoms. The van der Waals surface area contributed by atoms with E-state index in [1.807, 2.05) is 0 Å². The van der Waals surface area contributed by atoms with E-state index < -0.39 is 0 Å². The van der Waals surface area contributed by atoms with Crippen LogP contribution < -0.4 is 5.73 Å². The molecule has 2 unspecified atom stereocenters. The van der Waals surface area contributed by atoms with Crippen molar-refractivity contribution in [3.8, 4) is 0 Å². The Hall–Kier alpha value is -0.0800. The van der Waals surface area contributed by atoms with Crippen molar-refractivity contribution in [2.24, 2.45) is 17.1 Å². The van der Waals surface area contributed by atoms with E-state index in [0.717, 1.165) is 5.92 Å². The molecule has 0 spiro atoms. The lowest BCUT2D eigenvalue weighted by Gasteiger charge is -2.42. The predicted molar refractivity (Wildman–Crippen MR) is 76.1 cm³/mol. The zero-order chi connectivity index (χ0) is 13.1. The first-order valence-corrected chi connectivity index (χ1v) is 7.28. The van der Waals surface area contributed by atoms with Gasteiger partial charge in [0.2, 0.25) is 0 Å². The van der Waals surface area contributed by atoms with Gasteiger partial charge in [-0.2, -0.15) is 0 Å². The van der Waals surface area contributed by atoms with Crippen LogP contribution >= 0.6 is 0 Å².